The van der Waals surface area contributed by atoms with E-state index in [1.54, 1.807) is 7.11 Å². The van der Waals surface area contributed by atoms with E-state index in [1.807, 2.05) is 0 Å². The summed E-state index contributed by atoms with van der Waals surface area (Å²) < 4.78 is 11.0. The van der Waals surface area contributed by atoms with Crippen LogP contribution in [0.1, 0.15) is 47.0 Å². The molecule has 0 radical (unpaired) electrons. The lowest BCUT2D eigenvalue weighted by molar-refractivity contribution is -0.146. The number of hydrogen-bond donors (Lipinski definition) is 0. The maximum absolute atomic E-state index is 11.4. The number of methoxy groups -OCH3 is 1. The maximum atomic E-state index is 11.4. The first-order valence-corrected chi connectivity index (χ1v) is 6.18. The van der Waals surface area contributed by atoms with E-state index in [4.69, 9.17) is 9.47 Å². The Morgan fingerprint density at radius 3 is 2.41 bits per heavy atom. The van der Waals surface area contributed by atoms with Gasteiger partial charge in [0, 0.05) is 24.5 Å². The van der Waals surface area contributed by atoms with E-state index in [9.17, 15) is 4.79 Å². The Labute approximate surface area is 104 Å². The second kappa shape index (κ2) is 4.81. The molecule has 0 aromatic rings. The van der Waals surface area contributed by atoms with Crippen molar-refractivity contribution in [2.45, 2.75) is 58.7 Å². The van der Waals surface area contributed by atoms with Gasteiger partial charge >= 0.3 is 5.97 Å². The van der Waals surface area contributed by atoms with Crippen molar-refractivity contribution in [2.24, 2.45) is 5.41 Å². The van der Waals surface area contributed by atoms with Crippen LogP contribution < -0.4 is 0 Å². The second-order valence-corrected chi connectivity index (χ2v) is 5.87. The highest BCUT2D eigenvalue weighted by Gasteiger charge is 2.42. The molecule has 2 unspecified atom stereocenters. The van der Waals surface area contributed by atoms with Gasteiger partial charge in [0.2, 0.25) is 0 Å². The predicted octanol–water partition coefficient (Wildman–Crippen LogP) is 3.09. The van der Waals surface area contributed by atoms with E-state index >= 15 is 0 Å². The molecule has 98 valence electrons. The average Bonchev–Trinajstić information content (AvgIpc) is 2.59. The van der Waals surface area contributed by atoms with E-state index < -0.39 is 0 Å². The lowest BCUT2D eigenvalue weighted by atomic mass is 9.75. The lowest BCUT2D eigenvalue weighted by Gasteiger charge is -2.38. The summed E-state index contributed by atoms with van der Waals surface area (Å²) in [5, 5.41) is 0. The van der Waals surface area contributed by atoms with Crippen molar-refractivity contribution in [1.29, 1.82) is 0 Å². The first-order valence-electron chi connectivity index (χ1n) is 6.18. The van der Waals surface area contributed by atoms with Crippen molar-refractivity contribution < 1.29 is 14.3 Å². The normalized spacial score (nSPS) is 24.6. The molecule has 3 nitrogen and oxygen atoms in total. The van der Waals surface area contributed by atoms with Gasteiger partial charge in [0.25, 0.3) is 0 Å². The summed E-state index contributed by atoms with van der Waals surface area (Å²) in [5.41, 5.74) is 0.314. The van der Waals surface area contributed by atoms with Crippen molar-refractivity contribution in [3.8, 4) is 0 Å². The predicted molar refractivity (Wildman–Crippen MR) is 67.7 cm³/mol. The van der Waals surface area contributed by atoms with E-state index in [1.165, 1.54) is 0 Å². The molecular formula is C14H24O3. The molecular weight excluding hydrogens is 216 g/mol. The van der Waals surface area contributed by atoms with Crippen LogP contribution in [0.2, 0.25) is 0 Å². The fourth-order valence-corrected chi connectivity index (χ4v) is 2.42. The molecule has 0 bridgehead atoms. The monoisotopic (exact) mass is 240 g/mol. The zero-order valence-corrected chi connectivity index (χ0v) is 11.6. The summed E-state index contributed by atoms with van der Waals surface area (Å²) in [7, 11) is 1.74. The Bertz CT molecular complexity index is 297. The molecule has 17 heavy (non-hydrogen) atoms. The SMILES string of the molecule is C=C1CC(C(C)(C)CC(C)(CC)OC)OC1=O. The molecule has 3 heteroatoms. The highest BCUT2D eigenvalue weighted by molar-refractivity contribution is 5.90. The molecule has 1 heterocycles. The standard InChI is InChI=1S/C14H24O3/c1-7-14(5,16-6)9-13(3,4)11-8-10(2)12(15)17-11/h11H,2,7-9H2,1,3-6H3. The summed E-state index contributed by atoms with van der Waals surface area (Å²) in [6.45, 7) is 12.2. The Morgan fingerprint density at radius 2 is 2.06 bits per heavy atom. The number of carbonyl (C=O) groups is 1. The number of ether oxygens (including phenoxy) is 2. The van der Waals surface area contributed by atoms with Crippen LogP contribution in [0.15, 0.2) is 12.2 Å². The van der Waals surface area contributed by atoms with E-state index in [0.29, 0.717) is 12.0 Å². The van der Waals surface area contributed by atoms with E-state index in [-0.39, 0.29) is 23.1 Å². The first kappa shape index (κ1) is 14.2. The van der Waals surface area contributed by atoms with Crippen LogP contribution in [0.25, 0.3) is 0 Å². The smallest absolute Gasteiger partial charge is 0.333 e. The van der Waals surface area contributed by atoms with E-state index in [2.05, 4.69) is 34.3 Å². The van der Waals surface area contributed by atoms with Crippen molar-refractivity contribution >= 4 is 5.97 Å². The first-order chi connectivity index (χ1) is 7.74. The largest absolute Gasteiger partial charge is 0.458 e. The minimum Gasteiger partial charge on any atom is -0.458 e. The third-order valence-corrected chi connectivity index (χ3v) is 3.91. The van der Waals surface area contributed by atoms with Gasteiger partial charge in [-0.25, -0.2) is 4.79 Å². The Morgan fingerprint density at radius 1 is 1.47 bits per heavy atom. The number of esters is 1. The molecule has 1 aliphatic heterocycles. The second-order valence-electron chi connectivity index (χ2n) is 5.87. The molecule has 0 aromatic heterocycles. The minimum atomic E-state index is -0.251. The quantitative estimate of drug-likeness (QED) is 0.547. The number of cyclic esters (lactones) is 1. The Hall–Kier alpha value is -0.830. The molecule has 0 spiro atoms. The van der Waals surface area contributed by atoms with Crippen LogP contribution in [0.3, 0.4) is 0 Å². The molecule has 0 amide bonds. The fraction of sp³-hybridized carbons (Fsp3) is 0.786. The highest BCUT2D eigenvalue weighted by atomic mass is 16.6. The van der Waals surface area contributed by atoms with Gasteiger partial charge in [-0.05, 0) is 19.8 Å². The number of rotatable bonds is 5. The van der Waals surface area contributed by atoms with Crippen molar-refractivity contribution in [3.63, 3.8) is 0 Å². The summed E-state index contributed by atoms with van der Waals surface area (Å²) in [6, 6.07) is 0. The summed E-state index contributed by atoms with van der Waals surface area (Å²) in [6.07, 6.45) is 2.35. The maximum Gasteiger partial charge on any atom is 0.333 e. The van der Waals surface area contributed by atoms with Gasteiger partial charge in [-0.2, -0.15) is 0 Å². The molecule has 0 aromatic carbocycles. The third kappa shape index (κ3) is 3.09. The van der Waals surface area contributed by atoms with Crippen LogP contribution in [0.4, 0.5) is 0 Å². The van der Waals surface area contributed by atoms with Gasteiger partial charge in [-0.15, -0.1) is 0 Å². The summed E-state index contributed by atoms with van der Waals surface area (Å²) in [5.74, 6) is -0.251. The molecule has 2 atom stereocenters. The summed E-state index contributed by atoms with van der Waals surface area (Å²) >= 11 is 0. The summed E-state index contributed by atoms with van der Waals surface area (Å²) in [4.78, 5) is 11.4. The van der Waals surface area contributed by atoms with Crippen LogP contribution in [0.5, 0.6) is 0 Å². The van der Waals surface area contributed by atoms with Crippen molar-refractivity contribution in [3.05, 3.63) is 12.2 Å². The zero-order valence-electron chi connectivity index (χ0n) is 11.6. The Balaban J connectivity index is 2.75. The van der Waals surface area contributed by atoms with Crippen LogP contribution in [-0.2, 0) is 14.3 Å². The highest BCUT2D eigenvalue weighted by Crippen LogP contribution is 2.41. The number of carbonyl (C=O) groups excluding carboxylic acids is 1. The van der Waals surface area contributed by atoms with Gasteiger partial charge in [0.15, 0.2) is 0 Å². The van der Waals surface area contributed by atoms with Crippen molar-refractivity contribution in [1.82, 2.24) is 0 Å². The molecule has 1 rings (SSSR count). The fourth-order valence-electron chi connectivity index (χ4n) is 2.42. The average molecular weight is 240 g/mol. The van der Waals surface area contributed by atoms with Crippen LogP contribution >= 0.6 is 0 Å². The van der Waals surface area contributed by atoms with Gasteiger partial charge in [0.05, 0.1) is 5.60 Å². The van der Waals surface area contributed by atoms with Gasteiger partial charge < -0.3 is 9.47 Å². The third-order valence-electron chi connectivity index (χ3n) is 3.91. The van der Waals surface area contributed by atoms with Crippen LogP contribution in [0, 0.1) is 5.41 Å². The van der Waals surface area contributed by atoms with E-state index in [0.717, 1.165) is 12.8 Å². The zero-order chi connectivity index (χ0) is 13.3. The molecule has 1 aliphatic rings. The lowest BCUT2D eigenvalue weighted by Crippen LogP contribution is -2.39. The molecule has 1 saturated heterocycles. The number of hydrogen-bond acceptors (Lipinski definition) is 3. The molecule has 0 N–H and O–H groups in total. The molecule has 1 fully saturated rings. The molecule has 0 aliphatic carbocycles. The van der Waals surface area contributed by atoms with Crippen molar-refractivity contribution in [2.75, 3.05) is 7.11 Å². The van der Waals surface area contributed by atoms with Gasteiger partial charge in [0.1, 0.15) is 6.10 Å². The topological polar surface area (TPSA) is 35.5 Å². The van der Waals surface area contributed by atoms with Crippen LogP contribution in [-0.4, -0.2) is 24.8 Å². The molecule has 0 saturated carbocycles. The van der Waals surface area contributed by atoms with Gasteiger partial charge in [-0.3, -0.25) is 0 Å². The Kier molecular flexibility index (Phi) is 4.03. The minimum absolute atomic E-state index is 0.0801. The van der Waals surface area contributed by atoms with Gasteiger partial charge in [-0.1, -0.05) is 27.4 Å².